The van der Waals surface area contributed by atoms with E-state index in [9.17, 15) is 8.78 Å². The molecule has 3 nitrogen and oxygen atoms in total. The molecule has 0 saturated carbocycles. The number of fused-ring (bicyclic) bond motifs is 1. The summed E-state index contributed by atoms with van der Waals surface area (Å²) in [7, 11) is 0. The highest BCUT2D eigenvalue weighted by molar-refractivity contribution is 5.69. The molecular weight excluding hydrogens is 248 g/mol. The van der Waals surface area contributed by atoms with Gasteiger partial charge in [0.25, 0.3) is 0 Å². The van der Waals surface area contributed by atoms with Gasteiger partial charge in [-0.2, -0.15) is 0 Å². The summed E-state index contributed by atoms with van der Waals surface area (Å²) in [5.41, 5.74) is 7.42. The summed E-state index contributed by atoms with van der Waals surface area (Å²) in [4.78, 5) is 3.88. The predicted octanol–water partition coefficient (Wildman–Crippen LogP) is 3.17. The van der Waals surface area contributed by atoms with Gasteiger partial charge < -0.3 is 10.1 Å². The van der Waals surface area contributed by atoms with Crippen LogP contribution in [0.2, 0.25) is 0 Å². The van der Waals surface area contributed by atoms with Crippen LogP contribution in [0.5, 0.6) is 0 Å². The van der Waals surface area contributed by atoms with Gasteiger partial charge in [0.1, 0.15) is 11.6 Å². The fourth-order valence-corrected chi connectivity index (χ4v) is 2.14. The maximum Gasteiger partial charge on any atom is 0.175 e. The molecular formula is C14H11F2N3. The zero-order valence-electron chi connectivity index (χ0n) is 10.2. The number of pyridine rings is 1. The Bertz CT molecular complexity index is 778. The molecule has 0 unspecified atom stereocenters. The van der Waals surface area contributed by atoms with Gasteiger partial charge in [-0.3, -0.25) is 0 Å². The van der Waals surface area contributed by atoms with Crippen LogP contribution >= 0.6 is 0 Å². The first-order valence-corrected chi connectivity index (χ1v) is 5.75. The van der Waals surface area contributed by atoms with Gasteiger partial charge in [-0.25, -0.2) is 13.8 Å². The van der Waals surface area contributed by atoms with Crippen LogP contribution < -0.4 is 5.73 Å². The smallest absolute Gasteiger partial charge is 0.175 e. The summed E-state index contributed by atoms with van der Waals surface area (Å²) < 4.78 is 29.0. The lowest BCUT2D eigenvalue weighted by molar-refractivity contribution is 0.618. The first kappa shape index (κ1) is 11.6. The SMILES string of the molecule is Cc1c(F)cccc1-c1cc(F)c2nc(N)cn2c1. The summed E-state index contributed by atoms with van der Waals surface area (Å²) in [6.45, 7) is 1.66. The maximum atomic E-state index is 13.9. The monoisotopic (exact) mass is 259 g/mol. The van der Waals surface area contributed by atoms with Crippen molar-refractivity contribution in [2.24, 2.45) is 0 Å². The molecule has 3 rings (SSSR count). The molecule has 3 aromatic rings. The van der Waals surface area contributed by atoms with Gasteiger partial charge in [0.2, 0.25) is 0 Å². The van der Waals surface area contributed by atoms with Gasteiger partial charge in [-0.05, 0) is 30.2 Å². The third-order valence-electron chi connectivity index (χ3n) is 3.10. The van der Waals surface area contributed by atoms with Crippen molar-refractivity contribution in [3.63, 3.8) is 0 Å². The Kier molecular flexibility index (Phi) is 2.48. The molecule has 0 amide bonds. The molecule has 0 fully saturated rings. The second kappa shape index (κ2) is 4.05. The van der Waals surface area contributed by atoms with E-state index in [-0.39, 0.29) is 17.3 Å². The summed E-state index contributed by atoms with van der Waals surface area (Å²) in [5, 5.41) is 0. The molecule has 0 aliphatic rings. The topological polar surface area (TPSA) is 43.3 Å². The Morgan fingerprint density at radius 1 is 1.16 bits per heavy atom. The van der Waals surface area contributed by atoms with Crippen molar-refractivity contribution in [1.29, 1.82) is 0 Å². The molecule has 96 valence electrons. The number of hydrogen-bond donors (Lipinski definition) is 1. The van der Waals surface area contributed by atoms with Crippen molar-refractivity contribution in [2.75, 3.05) is 5.73 Å². The average Bonchev–Trinajstić information content (AvgIpc) is 2.74. The number of benzene rings is 1. The molecule has 0 atom stereocenters. The molecule has 19 heavy (non-hydrogen) atoms. The highest BCUT2D eigenvalue weighted by Crippen LogP contribution is 2.27. The minimum absolute atomic E-state index is 0.162. The lowest BCUT2D eigenvalue weighted by Crippen LogP contribution is -1.93. The summed E-state index contributed by atoms with van der Waals surface area (Å²) >= 11 is 0. The highest BCUT2D eigenvalue weighted by Gasteiger charge is 2.11. The Balaban J connectivity index is 2.28. The largest absolute Gasteiger partial charge is 0.382 e. The van der Waals surface area contributed by atoms with Crippen LogP contribution in [0.3, 0.4) is 0 Å². The molecule has 2 N–H and O–H groups in total. The van der Waals surface area contributed by atoms with E-state index in [0.29, 0.717) is 16.7 Å². The van der Waals surface area contributed by atoms with Crippen LogP contribution in [0.4, 0.5) is 14.6 Å². The lowest BCUT2D eigenvalue weighted by Gasteiger charge is -2.08. The van der Waals surface area contributed by atoms with Gasteiger partial charge in [-0.15, -0.1) is 0 Å². The molecule has 5 heteroatoms. The number of imidazole rings is 1. The van der Waals surface area contributed by atoms with E-state index in [1.807, 2.05) is 0 Å². The average molecular weight is 259 g/mol. The summed E-state index contributed by atoms with van der Waals surface area (Å²) in [6, 6.07) is 6.06. The molecule has 0 saturated heterocycles. The number of hydrogen-bond acceptors (Lipinski definition) is 2. The second-order valence-electron chi connectivity index (χ2n) is 4.39. The quantitative estimate of drug-likeness (QED) is 0.729. The zero-order valence-corrected chi connectivity index (χ0v) is 10.2. The Morgan fingerprint density at radius 2 is 1.95 bits per heavy atom. The summed E-state index contributed by atoms with van der Waals surface area (Å²) in [6.07, 6.45) is 3.21. The first-order chi connectivity index (χ1) is 9.06. The lowest BCUT2D eigenvalue weighted by atomic mass is 10.0. The fourth-order valence-electron chi connectivity index (χ4n) is 2.14. The molecule has 0 aliphatic heterocycles. The zero-order chi connectivity index (χ0) is 13.6. The number of aromatic nitrogens is 2. The molecule has 2 aromatic heterocycles. The van der Waals surface area contributed by atoms with Crippen LogP contribution in [-0.2, 0) is 0 Å². The van der Waals surface area contributed by atoms with E-state index in [1.54, 1.807) is 25.3 Å². The molecule has 0 spiro atoms. The molecule has 1 aromatic carbocycles. The van der Waals surface area contributed by atoms with E-state index >= 15 is 0 Å². The van der Waals surface area contributed by atoms with E-state index in [0.717, 1.165) is 0 Å². The van der Waals surface area contributed by atoms with E-state index in [1.165, 1.54) is 22.7 Å². The number of halogens is 2. The molecule has 2 heterocycles. The van der Waals surface area contributed by atoms with Crippen molar-refractivity contribution in [3.05, 3.63) is 53.9 Å². The van der Waals surface area contributed by atoms with Crippen molar-refractivity contribution < 1.29 is 8.78 Å². The van der Waals surface area contributed by atoms with Gasteiger partial charge in [0, 0.05) is 11.8 Å². The second-order valence-corrected chi connectivity index (χ2v) is 4.39. The molecule has 0 bridgehead atoms. The van der Waals surface area contributed by atoms with Crippen LogP contribution in [0.15, 0.2) is 36.7 Å². The number of anilines is 1. The minimum Gasteiger partial charge on any atom is -0.382 e. The fraction of sp³-hybridized carbons (Fsp3) is 0.0714. The third-order valence-corrected chi connectivity index (χ3v) is 3.10. The van der Waals surface area contributed by atoms with E-state index in [2.05, 4.69) is 4.98 Å². The van der Waals surface area contributed by atoms with Crippen molar-refractivity contribution in [1.82, 2.24) is 9.38 Å². The van der Waals surface area contributed by atoms with Gasteiger partial charge in [0.15, 0.2) is 11.5 Å². The molecule has 0 radical (unpaired) electrons. The number of rotatable bonds is 1. The first-order valence-electron chi connectivity index (χ1n) is 5.75. The van der Waals surface area contributed by atoms with Gasteiger partial charge in [-0.1, -0.05) is 12.1 Å². The number of nitrogen functional groups attached to an aromatic ring is 1. The normalized spacial score (nSPS) is 11.1. The third kappa shape index (κ3) is 1.83. The van der Waals surface area contributed by atoms with Crippen LogP contribution in [0, 0.1) is 18.6 Å². The molecule has 0 aliphatic carbocycles. The van der Waals surface area contributed by atoms with Crippen molar-refractivity contribution >= 4 is 11.5 Å². The predicted molar refractivity (Wildman–Crippen MR) is 69.7 cm³/mol. The van der Waals surface area contributed by atoms with Crippen LogP contribution in [0.1, 0.15) is 5.56 Å². The number of nitrogens with zero attached hydrogens (tertiary/aromatic N) is 2. The van der Waals surface area contributed by atoms with Crippen molar-refractivity contribution in [3.8, 4) is 11.1 Å². The maximum absolute atomic E-state index is 13.9. The van der Waals surface area contributed by atoms with Gasteiger partial charge >= 0.3 is 0 Å². The van der Waals surface area contributed by atoms with Crippen LogP contribution in [0.25, 0.3) is 16.8 Å². The van der Waals surface area contributed by atoms with Crippen LogP contribution in [-0.4, -0.2) is 9.38 Å². The standard InChI is InChI=1S/C14H11F2N3/c1-8-10(3-2-4-11(8)15)9-5-12(16)14-18-13(17)7-19(14)6-9/h2-7H,17H2,1H3. The minimum atomic E-state index is -0.488. The Hall–Kier alpha value is -2.43. The Morgan fingerprint density at radius 3 is 2.74 bits per heavy atom. The van der Waals surface area contributed by atoms with E-state index < -0.39 is 5.82 Å². The highest BCUT2D eigenvalue weighted by atomic mass is 19.1. The van der Waals surface area contributed by atoms with E-state index in [4.69, 9.17) is 5.73 Å². The summed E-state index contributed by atoms with van der Waals surface area (Å²) in [5.74, 6) is -0.562. The van der Waals surface area contributed by atoms with Gasteiger partial charge in [0.05, 0.1) is 6.20 Å². The Labute approximate surface area is 108 Å². The van der Waals surface area contributed by atoms with Crippen molar-refractivity contribution in [2.45, 2.75) is 6.92 Å². The number of nitrogens with two attached hydrogens (primary N) is 1.